The van der Waals surface area contributed by atoms with Crippen LogP contribution in [0.1, 0.15) is 27.0 Å². The van der Waals surface area contributed by atoms with Gasteiger partial charge in [-0.05, 0) is 54.4 Å². The standard InChI is InChI=1S/C24H22ClN3O3/c1-17-5-9-20(10-6-17)24(30)26-15-23(29)28-27-14-19-3-2-4-22(13-19)31-16-18-7-11-21(25)12-8-18/h2-14H,15-16H2,1H3,(H,26,30)(H,28,29). The van der Waals surface area contributed by atoms with Crippen LogP contribution < -0.4 is 15.5 Å². The molecule has 0 unspecified atom stereocenters. The molecule has 0 fully saturated rings. The monoisotopic (exact) mass is 435 g/mol. The Kier molecular flexibility index (Phi) is 7.79. The second-order valence-electron chi connectivity index (χ2n) is 6.83. The van der Waals surface area contributed by atoms with Crippen molar-refractivity contribution in [2.24, 2.45) is 5.10 Å². The Morgan fingerprint density at radius 3 is 2.52 bits per heavy atom. The van der Waals surface area contributed by atoms with Gasteiger partial charge < -0.3 is 10.1 Å². The zero-order valence-corrected chi connectivity index (χ0v) is 17.7. The van der Waals surface area contributed by atoms with E-state index >= 15 is 0 Å². The number of carbonyl (C=O) groups is 2. The van der Waals surface area contributed by atoms with Gasteiger partial charge in [-0.2, -0.15) is 5.10 Å². The average molecular weight is 436 g/mol. The molecule has 3 rings (SSSR count). The summed E-state index contributed by atoms with van der Waals surface area (Å²) in [4.78, 5) is 23.9. The second kappa shape index (κ2) is 10.9. The van der Waals surface area contributed by atoms with Crippen molar-refractivity contribution < 1.29 is 14.3 Å². The highest BCUT2D eigenvalue weighted by molar-refractivity contribution is 6.30. The molecule has 0 aliphatic carbocycles. The molecule has 0 saturated carbocycles. The van der Waals surface area contributed by atoms with E-state index in [2.05, 4.69) is 15.8 Å². The number of rotatable bonds is 8. The number of halogens is 1. The number of benzene rings is 3. The average Bonchev–Trinajstić information content (AvgIpc) is 2.78. The maximum atomic E-state index is 12.0. The second-order valence-corrected chi connectivity index (χ2v) is 7.27. The van der Waals surface area contributed by atoms with Crippen molar-refractivity contribution in [3.63, 3.8) is 0 Å². The lowest BCUT2D eigenvalue weighted by Gasteiger charge is -2.07. The first-order valence-corrected chi connectivity index (χ1v) is 10.0. The van der Waals surface area contributed by atoms with Gasteiger partial charge in [-0.25, -0.2) is 5.43 Å². The highest BCUT2D eigenvalue weighted by Gasteiger charge is 2.07. The summed E-state index contributed by atoms with van der Waals surface area (Å²) in [5.74, 6) is -0.0629. The minimum Gasteiger partial charge on any atom is -0.489 e. The summed E-state index contributed by atoms with van der Waals surface area (Å²) in [5.41, 5.74) is 5.71. The van der Waals surface area contributed by atoms with Crippen LogP contribution in [0.15, 0.2) is 77.9 Å². The molecule has 2 N–H and O–H groups in total. The molecule has 6 nitrogen and oxygen atoms in total. The summed E-state index contributed by atoms with van der Waals surface area (Å²) < 4.78 is 5.77. The highest BCUT2D eigenvalue weighted by atomic mass is 35.5. The summed E-state index contributed by atoms with van der Waals surface area (Å²) in [5, 5.41) is 7.16. The first-order chi connectivity index (χ1) is 15.0. The molecular weight excluding hydrogens is 414 g/mol. The summed E-state index contributed by atoms with van der Waals surface area (Å²) >= 11 is 5.88. The Balaban J connectivity index is 1.45. The van der Waals surface area contributed by atoms with Gasteiger partial charge in [-0.3, -0.25) is 9.59 Å². The van der Waals surface area contributed by atoms with Crippen LogP contribution in [-0.2, 0) is 11.4 Å². The number of hydrogen-bond acceptors (Lipinski definition) is 4. The lowest BCUT2D eigenvalue weighted by Crippen LogP contribution is -2.34. The summed E-state index contributed by atoms with van der Waals surface area (Å²) in [6, 6.07) is 21.9. The number of hydrogen-bond donors (Lipinski definition) is 2. The highest BCUT2D eigenvalue weighted by Crippen LogP contribution is 2.15. The van der Waals surface area contributed by atoms with E-state index in [1.165, 1.54) is 6.21 Å². The molecule has 0 aliphatic rings. The fraction of sp³-hybridized carbons (Fsp3) is 0.125. The molecule has 0 aromatic heterocycles. The Morgan fingerprint density at radius 2 is 1.77 bits per heavy atom. The first-order valence-electron chi connectivity index (χ1n) is 9.64. The molecule has 31 heavy (non-hydrogen) atoms. The molecule has 0 spiro atoms. The van der Waals surface area contributed by atoms with Crippen LogP contribution in [0, 0.1) is 6.92 Å². The minimum atomic E-state index is -0.424. The predicted molar refractivity (Wildman–Crippen MR) is 121 cm³/mol. The molecule has 2 amide bonds. The molecular formula is C24H22ClN3O3. The SMILES string of the molecule is Cc1ccc(C(=O)NCC(=O)NN=Cc2cccc(OCc3ccc(Cl)cc3)c2)cc1. The van der Waals surface area contributed by atoms with Gasteiger partial charge in [-0.15, -0.1) is 0 Å². The van der Waals surface area contributed by atoms with Crippen LogP contribution >= 0.6 is 11.6 Å². The largest absolute Gasteiger partial charge is 0.489 e. The lowest BCUT2D eigenvalue weighted by atomic mass is 10.1. The van der Waals surface area contributed by atoms with Crippen LogP contribution in [-0.4, -0.2) is 24.6 Å². The van der Waals surface area contributed by atoms with Crippen molar-refractivity contribution in [3.05, 3.63) is 100 Å². The molecule has 0 bridgehead atoms. The quantitative estimate of drug-likeness (QED) is 0.413. The number of ether oxygens (including phenoxy) is 1. The molecule has 0 atom stereocenters. The third-order valence-electron chi connectivity index (χ3n) is 4.30. The first kappa shape index (κ1) is 22.1. The number of nitrogens with zero attached hydrogens (tertiary/aromatic N) is 1. The van der Waals surface area contributed by atoms with E-state index < -0.39 is 5.91 Å². The number of nitrogens with one attached hydrogen (secondary N) is 2. The fourth-order valence-electron chi connectivity index (χ4n) is 2.62. The molecule has 3 aromatic rings. The Labute approximate surface area is 185 Å². The van der Waals surface area contributed by atoms with Crippen molar-refractivity contribution in [3.8, 4) is 5.75 Å². The zero-order chi connectivity index (χ0) is 22.1. The van der Waals surface area contributed by atoms with Gasteiger partial charge >= 0.3 is 0 Å². The van der Waals surface area contributed by atoms with Gasteiger partial charge in [0.15, 0.2) is 0 Å². The van der Waals surface area contributed by atoms with Gasteiger partial charge in [0.25, 0.3) is 11.8 Å². The van der Waals surface area contributed by atoms with Crippen molar-refractivity contribution >= 4 is 29.6 Å². The van der Waals surface area contributed by atoms with Gasteiger partial charge in [0.2, 0.25) is 0 Å². The van der Waals surface area contributed by atoms with Crippen molar-refractivity contribution in [1.29, 1.82) is 0 Å². The third-order valence-corrected chi connectivity index (χ3v) is 4.55. The Morgan fingerprint density at radius 1 is 1.03 bits per heavy atom. The van der Waals surface area contributed by atoms with Crippen molar-refractivity contribution in [2.75, 3.05) is 6.54 Å². The molecule has 3 aromatic carbocycles. The molecule has 7 heteroatoms. The molecule has 0 aliphatic heterocycles. The Bertz CT molecular complexity index is 1060. The van der Waals surface area contributed by atoms with E-state index in [1.807, 2.05) is 67.6 Å². The lowest BCUT2D eigenvalue weighted by molar-refractivity contribution is -0.120. The summed E-state index contributed by atoms with van der Waals surface area (Å²) in [6.07, 6.45) is 1.51. The van der Waals surface area contributed by atoms with Gasteiger partial charge in [0.05, 0.1) is 12.8 Å². The molecule has 0 saturated heterocycles. The maximum Gasteiger partial charge on any atom is 0.259 e. The van der Waals surface area contributed by atoms with E-state index in [0.717, 1.165) is 16.7 Å². The third kappa shape index (κ3) is 7.28. The van der Waals surface area contributed by atoms with Gasteiger partial charge in [-0.1, -0.05) is 53.6 Å². The molecule has 158 valence electrons. The zero-order valence-electron chi connectivity index (χ0n) is 17.0. The normalized spacial score (nSPS) is 10.6. The summed E-state index contributed by atoms with van der Waals surface area (Å²) in [7, 11) is 0. The maximum absolute atomic E-state index is 12.0. The topological polar surface area (TPSA) is 79.8 Å². The number of amides is 2. The molecule has 0 heterocycles. The van der Waals surface area contributed by atoms with E-state index in [0.29, 0.717) is 22.9 Å². The van der Waals surface area contributed by atoms with Crippen LogP contribution in [0.2, 0.25) is 5.02 Å². The van der Waals surface area contributed by atoms with Crippen LogP contribution in [0.4, 0.5) is 0 Å². The fourth-order valence-corrected chi connectivity index (χ4v) is 2.74. The van der Waals surface area contributed by atoms with Crippen LogP contribution in [0.5, 0.6) is 5.75 Å². The number of carbonyl (C=O) groups excluding carboxylic acids is 2. The molecule has 0 radical (unpaired) electrons. The van der Waals surface area contributed by atoms with Crippen LogP contribution in [0.3, 0.4) is 0 Å². The van der Waals surface area contributed by atoms with E-state index in [4.69, 9.17) is 16.3 Å². The summed E-state index contributed by atoms with van der Waals surface area (Å²) in [6.45, 7) is 2.18. The van der Waals surface area contributed by atoms with Crippen molar-refractivity contribution in [2.45, 2.75) is 13.5 Å². The van der Waals surface area contributed by atoms with E-state index in [1.54, 1.807) is 12.1 Å². The number of hydrazone groups is 1. The minimum absolute atomic E-state index is 0.172. The van der Waals surface area contributed by atoms with E-state index in [9.17, 15) is 9.59 Å². The predicted octanol–water partition coefficient (Wildman–Crippen LogP) is 4.11. The van der Waals surface area contributed by atoms with Gasteiger partial charge in [0.1, 0.15) is 12.4 Å². The van der Waals surface area contributed by atoms with Crippen molar-refractivity contribution in [1.82, 2.24) is 10.7 Å². The van der Waals surface area contributed by atoms with E-state index in [-0.39, 0.29) is 12.5 Å². The smallest absolute Gasteiger partial charge is 0.259 e. The number of aryl methyl sites for hydroxylation is 1. The Hall–Kier alpha value is -3.64. The van der Waals surface area contributed by atoms with Gasteiger partial charge in [0, 0.05) is 10.6 Å². The van der Waals surface area contributed by atoms with Crippen LogP contribution in [0.25, 0.3) is 0 Å².